The Bertz CT molecular complexity index is 687. The van der Waals surface area contributed by atoms with Gasteiger partial charge in [0.05, 0.1) is 11.3 Å². The van der Waals surface area contributed by atoms with E-state index in [1.807, 2.05) is 6.07 Å². The van der Waals surface area contributed by atoms with Crippen LogP contribution in [0.2, 0.25) is 0 Å². The van der Waals surface area contributed by atoms with E-state index >= 15 is 0 Å². The highest BCUT2D eigenvalue weighted by molar-refractivity contribution is 8.01. The molecule has 2 aliphatic rings. The minimum atomic E-state index is 0.0199. The third-order valence-corrected chi connectivity index (χ3v) is 5.94. The summed E-state index contributed by atoms with van der Waals surface area (Å²) in [7, 11) is 0. The van der Waals surface area contributed by atoms with Crippen molar-refractivity contribution in [2.75, 3.05) is 0 Å². The van der Waals surface area contributed by atoms with Crippen LogP contribution in [0.25, 0.3) is 0 Å². The van der Waals surface area contributed by atoms with Gasteiger partial charge in [-0.1, -0.05) is 42.5 Å². The Morgan fingerprint density at radius 1 is 1.05 bits per heavy atom. The molecule has 1 N–H and O–H groups in total. The molecule has 0 fully saturated rings. The molecule has 0 saturated carbocycles. The zero-order valence-electron chi connectivity index (χ0n) is 12.4. The molecule has 0 radical (unpaired) electrons. The number of aryl methyl sites for hydroxylation is 1. The van der Waals surface area contributed by atoms with Crippen LogP contribution in [-0.2, 0) is 17.6 Å². The van der Waals surface area contributed by atoms with Crippen molar-refractivity contribution in [2.45, 2.75) is 41.9 Å². The molecule has 0 spiro atoms. The molecule has 0 saturated heterocycles. The topological polar surface area (TPSA) is 29.1 Å². The number of benzene rings is 2. The van der Waals surface area contributed by atoms with Gasteiger partial charge in [0.1, 0.15) is 0 Å². The third-order valence-electron chi connectivity index (χ3n) is 4.63. The number of hydrogen-bond donors (Lipinski definition) is 1. The van der Waals surface area contributed by atoms with E-state index in [0.717, 1.165) is 25.7 Å². The maximum absolute atomic E-state index is 12.7. The fraction of sp³-hybridized carbons (Fsp3) is 0.316. The average molecular weight is 309 g/mol. The largest absolute Gasteiger partial charge is 0.348 e. The van der Waals surface area contributed by atoms with E-state index < -0.39 is 0 Å². The number of carbonyl (C=O) groups is 1. The molecule has 2 aromatic rings. The van der Waals surface area contributed by atoms with Gasteiger partial charge in [-0.15, -0.1) is 11.8 Å². The van der Waals surface area contributed by atoms with Crippen LogP contribution in [0.1, 0.15) is 35.6 Å². The molecule has 3 heteroatoms. The number of thioether (sulfide) groups is 1. The molecule has 1 amide bonds. The minimum absolute atomic E-state index is 0.0199. The van der Waals surface area contributed by atoms with E-state index in [2.05, 4.69) is 47.8 Å². The van der Waals surface area contributed by atoms with Gasteiger partial charge in [0.25, 0.3) is 0 Å². The molecule has 2 atom stereocenters. The van der Waals surface area contributed by atoms with Gasteiger partial charge in [-0.25, -0.2) is 0 Å². The lowest BCUT2D eigenvalue weighted by molar-refractivity contribution is -0.121. The molecular weight excluding hydrogens is 290 g/mol. The Labute approximate surface area is 135 Å². The first kappa shape index (κ1) is 13.9. The maximum atomic E-state index is 12.7. The van der Waals surface area contributed by atoms with Crippen LogP contribution in [0.15, 0.2) is 53.4 Å². The van der Waals surface area contributed by atoms with Crippen LogP contribution in [0, 0.1) is 0 Å². The van der Waals surface area contributed by atoms with Gasteiger partial charge in [-0.05, 0) is 48.4 Å². The number of carbonyl (C=O) groups excluding carboxylic acids is 1. The summed E-state index contributed by atoms with van der Waals surface area (Å²) in [5.74, 6) is 0.183. The molecule has 0 bridgehead atoms. The van der Waals surface area contributed by atoms with Gasteiger partial charge in [-0.3, -0.25) is 4.79 Å². The minimum Gasteiger partial charge on any atom is -0.348 e. The molecule has 1 aliphatic heterocycles. The molecule has 2 nitrogen and oxygen atoms in total. The van der Waals surface area contributed by atoms with Gasteiger partial charge in [0, 0.05) is 4.90 Å². The van der Waals surface area contributed by atoms with E-state index in [-0.39, 0.29) is 17.2 Å². The lowest BCUT2D eigenvalue weighted by Gasteiger charge is -2.27. The van der Waals surface area contributed by atoms with Crippen molar-refractivity contribution in [1.29, 1.82) is 0 Å². The molecule has 22 heavy (non-hydrogen) atoms. The van der Waals surface area contributed by atoms with Gasteiger partial charge >= 0.3 is 0 Å². The summed E-state index contributed by atoms with van der Waals surface area (Å²) in [4.78, 5) is 13.9. The van der Waals surface area contributed by atoms with Crippen LogP contribution < -0.4 is 5.32 Å². The number of nitrogens with one attached hydrogen (secondary N) is 1. The smallest absolute Gasteiger partial charge is 0.234 e. The molecule has 2 unspecified atom stereocenters. The molecule has 2 aromatic carbocycles. The summed E-state index contributed by atoms with van der Waals surface area (Å²) in [6, 6.07) is 17.0. The summed E-state index contributed by atoms with van der Waals surface area (Å²) in [5.41, 5.74) is 4.00. The first-order valence-corrected chi connectivity index (χ1v) is 8.82. The SMILES string of the molecule is O=C(NC1CCCc2ccccc21)C1Cc2ccccc2S1. The molecule has 1 aliphatic carbocycles. The van der Waals surface area contributed by atoms with Crippen LogP contribution in [-0.4, -0.2) is 11.2 Å². The lowest BCUT2D eigenvalue weighted by atomic mass is 9.87. The van der Waals surface area contributed by atoms with Crippen molar-refractivity contribution >= 4 is 17.7 Å². The Morgan fingerprint density at radius 2 is 1.82 bits per heavy atom. The van der Waals surface area contributed by atoms with E-state index in [1.54, 1.807) is 11.8 Å². The first-order chi connectivity index (χ1) is 10.8. The van der Waals surface area contributed by atoms with E-state index in [9.17, 15) is 4.79 Å². The fourth-order valence-electron chi connectivity index (χ4n) is 3.50. The number of fused-ring (bicyclic) bond motifs is 2. The summed E-state index contributed by atoms with van der Waals surface area (Å²) < 4.78 is 0. The van der Waals surface area contributed by atoms with Gasteiger partial charge in [-0.2, -0.15) is 0 Å². The second kappa shape index (κ2) is 5.81. The number of rotatable bonds is 2. The second-order valence-electron chi connectivity index (χ2n) is 6.07. The van der Waals surface area contributed by atoms with Crippen LogP contribution in [0.5, 0.6) is 0 Å². The van der Waals surface area contributed by atoms with Crippen LogP contribution in [0.3, 0.4) is 0 Å². The Morgan fingerprint density at radius 3 is 2.68 bits per heavy atom. The Kier molecular flexibility index (Phi) is 3.67. The lowest BCUT2D eigenvalue weighted by Crippen LogP contribution is -2.36. The van der Waals surface area contributed by atoms with E-state index in [0.29, 0.717) is 0 Å². The first-order valence-electron chi connectivity index (χ1n) is 7.94. The monoisotopic (exact) mass is 309 g/mol. The number of hydrogen-bond acceptors (Lipinski definition) is 2. The Hall–Kier alpha value is -1.74. The molecule has 4 rings (SSSR count). The van der Waals surface area contributed by atoms with Crippen molar-refractivity contribution in [3.05, 3.63) is 65.2 Å². The van der Waals surface area contributed by atoms with Gasteiger partial charge < -0.3 is 5.32 Å². The highest BCUT2D eigenvalue weighted by atomic mass is 32.2. The highest BCUT2D eigenvalue weighted by Crippen LogP contribution is 2.37. The molecular formula is C19H19NOS. The van der Waals surface area contributed by atoms with Gasteiger partial charge in [0.15, 0.2) is 0 Å². The van der Waals surface area contributed by atoms with Gasteiger partial charge in [0.2, 0.25) is 5.91 Å². The fourth-order valence-corrected chi connectivity index (χ4v) is 4.70. The van der Waals surface area contributed by atoms with Crippen molar-refractivity contribution in [3.8, 4) is 0 Å². The highest BCUT2D eigenvalue weighted by Gasteiger charge is 2.30. The van der Waals surface area contributed by atoms with Crippen molar-refractivity contribution < 1.29 is 4.79 Å². The van der Waals surface area contributed by atoms with Crippen molar-refractivity contribution in [1.82, 2.24) is 5.32 Å². The summed E-state index contributed by atoms with van der Waals surface area (Å²) in [6.45, 7) is 0. The second-order valence-corrected chi connectivity index (χ2v) is 7.32. The van der Waals surface area contributed by atoms with E-state index in [4.69, 9.17) is 0 Å². The zero-order valence-corrected chi connectivity index (χ0v) is 13.2. The van der Waals surface area contributed by atoms with E-state index in [1.165, 1.54) is 21.6 Å². The standard InChI is InChI=1S/C19H19NOS/c21-19(18-12-14-7-2-4-11-17(14)22-18)20-16-10-5-8-13-6-1-3-9-15(13)16/h1-4,6-7,9,11,16,18H,5,8,10,12H2,(H,20,21). The summed E-state index contributed by atoms with van der Waals surface area (Å²) in [5, 5.41) is 3.31. The zero-order chi connectivity index (χ0) is 14.9. The quantitative estimate of drug-likeness (QED) is 0.911. The summed E-state index contributed by atoms with van der Waals surface area (Å²) >= 11 is 1.70. The predicted molar refractivity (Wildman–Crippen MR) is 90.1 cm³/mol. The van der Waals surface area contributed by atoms with Crippen molar-refractivity contribution in [3.63, 3.8) is 0 Å². The average Bonchev–Trinajstić information content (AvgIpc) is 2.99. The normalized spacial score (nSPS) is 22.7. The molecule has 1 heterocycles. The van der Waals surface area contributed by atoms with Crippen LogP contribution in [0.4, 0.5) is 0 Å². The summed E-state index contributed by atoms with van der Waals surface area (Å²) in [6.07, 6.45) is 4.18. The maximum Gasteiger partial charge on any atom is 0.234 e. The molecule has 112 valence electrons. The third kappa shape index (κ3) is 2.54. The van der Waals surface area contributed by atoms with Crippen molar-refractivity contribution in [2.24, 2.45) is 0 Å². The van der Waals surface area contributed by atoms with Crippen LogP contribution >= 0.6 is 11.8 Å². The molecule has 0 aromatic heterocycles. The number of amides is 1. The Balaban J connectivity index is 1.48. The predicted octanol–water partition coefficient (Wildman–Crippen LogP) is 3.90.